The van der Waals surface area contributed by atoms with E-state index in [9.17, 15) is 18.0 Å². The number of hydrogen-bond acceptors (Lipinski definition) is 3. The zero-order chi connectivity index (χ0) is 16.9. The lowest BCUT2D eigenvalue weighted by Gasteiger charge is -2.20. The van der Waals surface area contributed by atoms with Crippen LogP contribution in [0.2, 0.25) is 0 Å². The summed E-state index contributed by atoms with van der Waals surface area (Å²) >= 11 is 0. The number of nitrogens with one attached hydrogen (secondary N) is 2. The lowest BCUT2D eigenvalue weighted by Crippen LogP contribution is -2.33. The molecule has 0 spiro atoms. The lowest BCUT2D eigenvalue weighted by atomic mass is 9.93. The van der Waals surface area contributed by atoms with Gasteiger partial charge in [-0.1, -0.05) is 12.1 Å². The van der Waals surface area contributed by atoms with Crippen molar-refractivity contribution >= 4 is 0 Å². The highest BCUT2D eigenvalue weighted by molar-refractivity contribution is 5.41. The van der Waals surface area contributed by atoms with Gasteiger partial charge in [0.25, 0.3) is 5.56 Å². The Hall–Kier alpha value is -2.15. The van der Waals surface area contributed by atoms with Crippen molar-refractivity contribution in [3.63, 3.8) is 0 Å². The Morgan fingerprint density at radius 2 is 1.83 bits per heavy atom. The van der Waals surface area contributed by atoms with Gasteiger partial charge in [0.1, 0.15) is 5.82 Å². The number of alkyl halides is 3. The van der Waals surface area contributed by atoms with E-state index in [0.29, 0.717) is 24.4 Å². The van der Waals surface area contributed by atoms with Crippen LogP contribution in [0.4, 0.5) is 13.2 Å². The third-order valence-electron chi connectivity index (χ3n) is 4.91. The minimum Gasteiger partial charge on any atom is -0.312 e. The molecule has 1 fully saturated rings. The third-order valence-corrected chi connectivity index (χ3v) is 4.91. The summed E-state index contributed by atoms with van der Waals surface area (Å²) in [5.41, 5.74) is 0.954. The van der Waals surface area contributed by atoms with Crippen molar-refractivity contribution < 1.29 is 13.2 Å². The first kappa shape index (κ1) is 15.4. The number of halogens is 3. The monoisotopic (exact) mass is 335 g/mol. The summed E-state index contributed by atoms with van der Waals surface area (Å²) in [7, 11) is 0. The fraction of sp³-hybridized carbons (Fsp3) is 0.412. The zero-order valence-electron chi connectivity index (χ0n) is 12.8. The van der Waals surface area contributed by atoms with E-state index in [-0.39, 0.29) is 5.56 Å². The maximum Gasteiger partial charge on any atom is 0.416 e. The Kier molecular flexibility index (Phi) is 3.32. The first-order valence-electron chi connectivity index (χ1n) is 7.91. The number of nitrogens with zero attached hydrogens (tertiary/aromatic N) is 1. The smallest absolute Gasteiger partial charge is 0.312 e. The van der Waals surface area contributed by atoms with Crippen LogP contribution in [0.15, 0.2) is 29.1 Å². The summed E-state index contributed by atoms with van der Waals surface area (Å²) in [4.78, 5) is 19.8. The largest absolute Gasteiger partial charge is 0.416 e. The second-order valence-electron chi connectivity index (χ2n) is 6.42. The van der Waals surface area contributed by atoms with E-state index >= 15 is 0 Å². The maximum atomic E-state index is 12.7. The zero-order valence-corrected chi connectivity index (χ0v) is 12.8. The predicted molar refractivity (Wildman–Crippen MR) is 81.7 cm³/mol. The van der Waals surface area contributed by atoms with Crippen molar-refractivity contribution in [1.29, 1.82) is 0 Å². The Morgan fingerprint density at radius 1 is 1.12 bits per heavy atom. The first-order chi connectivity index (χ1) is 11.4. The molecule has 0 saturated heterocycles. The molecule has 126 valence electrons. The van der Waals surface area contributed by atoms with Crippen LogP contribution >= 0.6 is 0 Å². The molecule has 2 aliphatic rings. The van der Waals surface area contributed by atoms with Crippen molar-refractivity contribution in [3.05, 3.63) is 62.8 Å². The van der Waals surface area contributed by atoms with Gasteiger partial charge in [-0.2, -0.15) is 13.2 Å². The highest BCUT2D eigenvalue weighted by Gasteiger charge is 2.49. The molecule has 4 nitrogen and oxygen atoms in total. The molecule has 2 N–H and O–H groups in total. The van der Waals surface area contributed by atoms with Gasteiger partial charge in [-0.3, -0.25) is 4.79 Å². The van der Waals surface area contributed by atoms with Gasteiger partial charge in [-0.15, -0.1) is 0 Å². The minimum absolute atomic E-state index is 0.152. The van der Waals surface area contributed by atoms with Gasteiger partial charge in [0.15, 0.2) is 0 Å². The molecule has 0 amide bonds. The molecule has 0 unspecified atom stereocenters. The number of rotatable bonds is 2. The molecule has 2 heterocycles. The Balaban J connectivity index is 1.74. The van der Waals surface area contributed by atoms with Gasteiger partial charge in [0.05, 0.1) is 22.2 Å². The average molecular weight is 335 g/mol. The molecule has 24 heavy (non-hydrogen) atoms. The maximum absolute atomic E-state index is 12.7. The van der Waals surface area contributed by atoms with Gasteiger partial charge in [0.2, 0.25) is 0 Å². The van der Waals surface area contributed by atoms with E-state index in [1.54, 1.807) is 0 Å². The summed E-state index contributed by atoms with van der Waals surface area (Å²) in [6.45, 7) is 1.28. The van der Waals surface area contributed by atoms with E-state index in [0.717, 1.165) is 42.8 Å². The molecule has 2 aromatic rings. The van der Waals surface area contributed by atoms with Crippen molar-refractivity contribution in [2.24, 2.45) is 0 Å². The highest BCUT2D eigenvalue weighted by atomic mass is 19.4. The van der Waals surface area contributed by atoms with E-state index < -0.39 is 17.2 Å². The molecular weight excluding hydrogens is 319 g/mol. The summed E-state index contributed by atoms with van der Waals surface area (Å²) in [6, 6.07) is 5.18. The van der Waals surface area contributed by atoms with E-state index in [1.807, 2.05) is 0 Å². The van der Waals surface area contributed by atoms with Crippen molar-refractivity contribution in [3.8, 4) is 0 Å². The van der Waals surface area contributed by atoms with Gasteiger partial charge >= 0.3 is 6.18 Å². The van der Waals surface area contributed by atoms with Crippen LogP contribution in [0.3, 0.4) is 0 Å². The highest BCUT2D eigenvalue weighted by Crippen LogP contribution is 2.52. The molecule has 1 aromatic carbocycles. The molecule has 1 aliphatic carbocycles. The molecule has 0 bridgehead atoms. The first-order valence-corrected chi connectivity index (χ1v) is 7.91. The van der Waals surface area contributed by atoms with E-state index in [1.165, 1.54) is 12.1 Å². The Labute approximate surface area is 136 Å². The fourth-order valence-electron chi connectivity index (χ4n) is 3.35. The van der Waals surface area contributed by atoms with Gasteiger partial charge < -0.3 is 10.3 Å². The molecular formula is C17H16F3N3O. The van der Waals surface area contributed by atoms with E-state index in [4.69, 9.17) is 0 Å². The summed E-state index contributed by atoms with van der Waals surface area (Å²) in [5.74, 6) is 0.577. The number of H-pyrrole nitrogens is 1. The van der Waals surface area contributed by atoms with Crippen LogP contribution in [0.1, 0.15) is 41.1 Å². The van der Waals surface area contributed by atoms with Crippen LogP contribution in [0.5, 0.6) is 0 Å². The van der Waals surface area contributed by atoms with Crippen LogP contribution in [-0.2, 0) is 24.6 Å². The van der Waals surface area contributed by atoms with Crippen molar-refractivity contribution in [1.82, 2.24) is 15.3 Å². The molecule has 1 saturated carbocycles. The number of aromatic amines is 1. The Bertz CT molecular complexity index is 836. The number of benzene rings is 1. The van der Waals surface area contributed by atoms with Crippen LogP contribution < -0.4 is 10.9 Å². The Morgan fingerprint density at radius 3 is 2.46 bits per heavy atom. The van der Waals surface area contributed by atoms with Crippen LogP contribution in [-0.4, -0.2) is 16.5 Å². The minimum atomic E-state index is -4.35. The molecule has 1 aliphatic heterocycles. The van der Waals surface area contributed by atoms with E-state index in [2.05, 4.69) is 15.3 Å². The fourth-order valence-corrected chi connectivity index (χ4v) is 3.35. The summed E-state index contributed by atoms with van der Waals surface area (Å²) in [5, 5.41) is 3.14. The number of aromatic nitrogens is 2. The molecule has 4 rings (SSSR count). The quantitative estimate of drug-likeness (QED) is 0.887. The SMILES string of the molecule is O=c1[nH]c(C2(c3ccc(C(F)(F)F)cc3)CC2)nc2c1CNCC2. The predicted octanol–water partition coefficient (Wildman–Crippen LogP) is 2.51. The molecule has 7 heteroatoms. The number of hydrogen-bond donors (Lipinski definition) is 2. The van der Waals surface area contributed by atoms with Crippen molar-refractivity contribution in [2.45, 2.75) is 37.4 Å². The van der Waals surface area contributed by atoms with Crippen molar-refractivity contribution in [2.75, 3.05) is 6.54 Å². The van der Waals surface area contributed by atoms with Gasteiger partial charge in [0, 0.05) is 19.5 Å². The lowest BCUT2D eigenvalue weighted by molar-refractivity contribution is -0.137. The van der Waals surface area contributed by atoms with Gasteiger partial charge in [-0.25, -0.2) is 4.98 Å². The standard InChI is InChI=1S/C17H16F3N3O/c18-17(19,20)11-3-1-10(2-4-11)16(6-7-16)15-22-13-5-8-21-9-12(13)14(24)23-15/h1-4,21H,5-9H2,(H,22,23,24). The summed E-state index contributed by atoms with van der Waals surface area (Å²) < 4.78 is 38.2. The van der Waals surface area contributed by atoms with Crippen LogP contribution in [0.25, 0.3) is 0 Å². The molecule has 0 atom stereocenters. The second kappa shape index (κ2) is 5.17. The topological polar surface area (TPSA) is 57.8 Å². The molecule has 0 radical (unpaired) electrons. The summed E-state index contributed by atoms with van der Waals surface area (Å²) in [6.07, 6.45) is -2.10. The normalized spacial score (nSPS) is 19.0. The second-order valence-corrected chi connectivity index (χ2v) is 6.42. The van der Waals surface area contributed by atoms with Gasteiger partial charge in [-0.05, 0) is 30.5 Å². The number of fused-ring (bicyclic) bond motifs is 1. The molecule has 1 aromatic heterocycles. The van der Waals surface area contributed by atoms with Crippen LogP contribution in [0, 0.1) is 0 Å². The average Bonchev–Trinajstić information content (AvgIpc) is 3.36. The third kappa shape index (κ3) is 2.43.